The summed E-state index contributed by atoms with van der Waals surface area (Å²) in [5, 5.41) is 15.3. The normalized spacial score (nSPS) is 15.7. The van der Waals surface area contributed by atoms with Gasteiger partial charge in [0.05, 0.1) is 25.9 Å². The lowest BCUT2D eigenvalue weighted by Gasteiger charge is -2.22. The van der Waals surface area contributed by atoms with Crippen molar-refractivity contribution in [3.8, 4) is 5.75 Å². The molecular formula is C16H23N5O. The van der Waals surface area contributed by atoms with E-state index in [2.05, 4.69) is 20.7 Å². The maximum absolute atomic E-state index is 6.05. The van der Waals surface area contributed by atoms with E-state index < -0.39 is 0 Å². The largest absolute Gasteiger partial charge is 0.491 e. The van der Waals surface area contributed by atoms with Gasteiger partial charge in [-0.3, -0.25) is 0 Å². The first-order valence-electron chi connectivity index (χ1n) is 8.00. The highest BCUT2D eigenvalue weighted by Crippen LogP contribution is 2.28. The van der Waals surface area contributed by atoms with Crippen LogP contribution in [0.1, 0.15) is 37.9 Å². The van der Waals surface area contributed by atoms with Gasteiger partial charge in [0.25, 0.3) is 0 Å². The van der Waals surface area contributed by atoms with E-state index in [0.29, 0.717) is 18.3 Å². The molecule has 0 amide bonds. The predicted octanol–water partition coefficient (Wildman–Crippen LogP) is 2.78. The minimum Gasteiger partial charge on any atom is -0.491 e. The number of nitrogens with one attached hydrogen (secondary N) is 1. The SMILES string of the molecule is Cn1nnc(CNc2ccccc2OCC2CCCCC2)n1. The number of tetrazole rings is 1. The van der Waals surface area contributed by atoms with Crippen molar-refractivity contribution in [1.82, 2.24) is 20.2 Å². The van der Waals surface area contributed by atoms with Crippen LogP contribution in [0.15, 0.2) is 24.3 Å². The molecule has 0 unspecified atom stereocenters. The van der Waals surface area contributed by atoms with E-state index >= 15 is 0 Å². The molecule has 0 saturated heterocycles. The maximum atomic E-state index is 6.05. The number of aryl methyl sites for hydroxylation is 1. The molecule has 1 aromatic heterocycles. The van der Waals surface area contributed by atoms with Gasteiger partial charge in [-0.2, -0.15) is 4.80 Å². The van der Waals surface area contributed by atoms with E-state index in [1.165, 1.54) is 36.9 Å². The van der Waals surface area contributed by atoms with Crippen LogP contribution in [0, 0.1) is 5.92 Å². The Bertz CT molecular complexity index is 592. The smallest absolute Gasteiger partial charge is 0.193 e. The molecule has 0 spiro atoms. The van der Waals surface area contributed by atoms with E-state index in [1.807, 2.05) is 24.3 Å². The summed E-state index contributed by atoms with van der Waals surface area (Å²) in [6.07, 6.45) is 6.64. The Kier molecular flexibility index (Phi) is 4.88. The van der Waals surface area contributed by atoms with Crippen molar-refractivity contribution in [2.45, 2.75) is 38.6 Å². The van der Waals surface area contributed by atoms with Crippen LogP contribution in [0.3, 0.4) is 0 Å². The van der Waals surface area contributed by atoms with Crippen molar-refractivity contribution in [1.29, 1.82) is 0 Å². The molecular weight excluding hydrogens is 278 g/mol. The number of anilines is 1. The van der Waals surface area contributed by atoms with Gasteiger partial charge in [0.2, 0.25) is 0 Å². The number of hydrogen-bond donors (Lipinski definition) is 1. The van der Waals surface area contributed by atoms with E-state index in [-0.39, 0.29) is 0 Å². The first-order chi connectivity index (χ1) is 10.8. The van der Waals surface area contributed by atoms with Crippen molar-refractivity contribution < 1.29 is 4.74 Å². The van der Waals surface area contributed by atoms with E-state index in [0.717, 1.165) is 18.0 Å². The highest BCUT2D eigenvalue weighted by Gasteiger charge is 2.14. The zero-order chi connectivity index (χ0) is 15.2. The zero-order valence-electron chi connectivity index (χ0n) is 13.0. The molecule has 0 atom stereocenters. The van der Waals surface area contributed by atoms with Crippen molar-refractivity contribution in [2.75, 3.05) is 11.9 Å². The molecule has 1 aromatic carbocycles. The minimum atomic E-state index is 0.539. The van der Waals surface area contributed by atoms with Crippen LogP contribution in [0.25, 0.3) is 0 Å². The van der Waals surface area contributed by atoms with Crippen molar-refractivity contribution in [2.24, 2.45) is 13.0 Å². The summed E-state index contributed by atoms with van der Waals surface area (Å²) in [5.41, 5.74) is 0.978. The van der Waals surface area contributed by atoms with Gasteiger partial charge in [0.15, 0.2) is 5.82 Å². The van der Waals surface area contributed by atoms with Gasteiger partial charge in [-0.05, 0) is 36.1 Å². The molecule has 3 rings (SSSR count). The molecule has 6 nitrogen and oxygen atoms in total. The highest BCUT2D eigenvalue weighted by molar-refractivity contribution is 5.56. The Labute approximate surface area is 130 Å². The van der Waals surface area contributed by atoms with Crippen molar-refractivity contribution in [3.05, 3.63) is 30.1 Å². The predicted molar refractivity (Wildman–Crippen MR) is 84.6 cm³/mol. The number of aromatic nitrogens is 4. The summed E-state index contributed by atoms with van der Waals surface area (Å²) in [6.45, 7) is 1.35. The van der Waals surface area contributed by atoms with Crippen LogP contribution < -0.4 is 10.1 Å². The minimum absolute atomic E-state index is 0.539. The lowest BCUT2D eigenvalue weighted by Crippen LogP contribution is -2.16. The van der Waals surface area contributed by atoms with Crippen LogP contribution in [0.2, 0.25) is 0 Å². The lowest BCUT2D eigenvalue weighted by atomic mass is 9.90. The molecule has 1 saturated carbocycles. The molecule has 1 aliphatic rings. The lowest BCUT2D eigenvalue weighted by molar-refractivity contribution is 0.209. The van der Waals surface area contributed by atoms with Crippen LogP contribution in [-0.2, 0) is 13.6 Å². The van der Waals surface area contributed by atoms with Gasteiger partial charge >= 0.3 is 0 Å². The second-order valence-corrected chi connectivity index (χ2v) is 5.86. The maximum Gasteiger partial charge on any atom is 0.193 e. The molecule has 118 valence electrons. The number of benzene rings is 1. The van der Waals surface area contributed by atoms with Gasteiger partial charge < -0.3 is 10.1 Å². The Morgan fingerprint density at radius 1 is 1.23 bits per heavy atom. The van der Waals surface area contributed by atoms with Gasteiger partial charge in [-0.25, -0.2) is 0 Å². The average molecular weight is 301 g/mol. The summed E-state index contributed by atoms with van der Waals surface area (Å²) < 4.78 is 6.05. The zero-order valence-corrected chi connectivity index (χ0v) is 13.0. The van der Waals surface area contributed by atoms with Crippen LogP contribution >= 0.6 is 0 Å². The third kappa shape index (κ3) is 3.96. The number of para-hydroxylation sites is 2. The first-order valence-corrected chi connectivity index (χ1v) is 8.00. The van der Waals surface area contributed by atoms with Crippen LogP contribution in [0.5, 0.6) is 5.75 Å². The van der Waals surface area contributed by atoms with Crippen LogP contribution in [0.4, 0.5) is 5.69 Å². The van der Waals surface area contributed by atoms with Gasteiger partial charge in [-0.15, -0.1) is 10.2 Å². The summed E-state index contributed by atoms with van der Waals surface area (Å²) in [4.78, 5) is 1.46. The summed E-state index contributed by atoms with van der Waals surface area (Å²) in [7, 11) is 1.76. The number of rotatable bonds is 6. The Morgan fingerprint density at radius 2 is 2.05 bits per heavy atom. The molecule has 1 heterocycles. The quantitative estimate of drug-likeness (QED) is 0.888. The Hall–Kier alpha value is -2.11. The molecule has 0 radical (unpaired) electrons. The standard InChI is InChI=1S/C16H23N5O/c1-21-19-16(18-20-21)11-17-14-9-5-6-10-15(14)22-12-13-7-3-2-4-8-13/h5-6,9-10,13,17H,2-4,7-8,11-12H2,1H3. The fourth-order valence-corrected chi connectivity index (χ4v) is 2.87. The van der Waals surface area contributed by atoms with E-state index in [4.69, 9.17) is 4.74 Å². The van der Waals surface area contributed by atoms with Gasteiger partial charge in [0, 0.05) is 0 Å². The second-order valence-electron chi connectivity index (χ2n) is 5.86. The van der Waals surface area contributed by atoms with Gasteiger partial charge in [-0.1, -0.05) is 31.4 Å². The molecule has 0 bridgehead atoms. The Balaban J connectivity index is 1.57. The number of nitrogens with zero attached hydrogens (tertiary/aromatic N) is 4. The third-order valence-corrected chi connectivity index (χ3v) is 4.07. The molecule has 1 N–H and O–H groups in total. The molecule has 1 fully saturated rings. The molecule has 6 heteroatoms. The van der Waals surface area contributed by atoms with Crippen molar-refractivity contribution >= 4 is 5.69 Å². The van der Waals surface area contributed by atoms with Crippen molar-refractivity contribution in [3.63, 3.8) is 0 Å². The van der Waals surface area contributed by atoms with E-state index in [9.17, 15) is 0 Å². The molecule has 1 aliphatic carbocycles. The summed E-state index contributed by atoms with van der Waals surface area (Å²) in [6, 6.07) is 8.03. The molecule has 22 heavy (non-hydrogen) atoms. The van der Waals surface area contributed by atoms with E-state index in [1.54, 1.807) is 7.05 Å². The fraction of sp³-hybridized carbons (Fsp3) is 0.562. The third-order valence-electron chi connectivity index (χ3n) is 4.07. The number of hydrogen-bond acceptors (Lipinski definition) is 5. The monoisotopic (exact) mass is 301 g/mol. The highest BCUT2D eigenvalue weighted by atomic mass is 16.5. The fourth-order valence-electron chi connectivity index (χ4n) is 2.87. The van der Waals surface area contributed by atoms with Crippen LogP contribution in [-0.4, -0.2) is 26.8 Å². The van der Waals surface area contributed by atoms with Gasteiger partial charge in [0.1, 0.15) is 5.75 Å². The second kappa shape index (κ2) is 7.24. The number of ether oxygens (including phenoxy) is 1. The summed E-state index contributed by atoms with van der Waals surface area (Å²) >= 11 is 0. The average Bonchev–Trinajstić information content (AvgIpc) is 2.98. The topological polar surface area (TPSA) is 64.9 Å². The summed E-state index contributed by atoms with van der Waals surface area (Å²) in [5.74, 6) is 2.27. The molecule has 2 aromatic rings. The first kappa shape index (κ1) is 14.8. The molecule has 0 aliphatic heterocycles. The Morgan fingerprint density at radius 3 is 2.82 bits per heavy atom.